The topological polar surface area (TPSA) is 52.9 Å². The second-order valence-electron chi connectivity index (χ2n) is 3.17. The Balaban J connectivity index is 3.72. The van der Waals surface area contributed by atoms with Crippen molar-refractivity contribution in [3.8, 4) is 6.07 Å². The van der Waals surface area contributed by atoms with Gasteiger partial charge < -0.3 is 5.32 Å². The van der Waals surface area contributed by atoms with E-state index < -0.39 is 0 Å². The second-order valence-corrected chi connectivity index (χ2v) is 3.17. The molecule has 0 aliphatic heterocycles. The zero-order valence-electron chi connectivity index (χ0n) is 7.27. The maximum absolute atomic E-state index is 10.8. The summed E-state index contributed by atoms with van der Waals surface area (Å²) in [5.74, 6) is -0.00618. The number of nitrogens with zero attached hydrogens (tertiary/aromatic N) is 1. The molecule has 0 aromatic carbocycles. The lowest BCUT2D eigenvalue weighted by molar-refractivity contribution is -0.121. The van der Waals surface area contributed by atoms with Crippen molar-refractivity contribution in [1.29, 1.82) is 5.26 Å². The molecule has 3 heteroatoms. The minimum atomic E-state index is -0.382. The molecule has 0 saturated carbocycles. The average Bonchev–Trinajstić information content (AvgIpc) is 2.00. The Hall–Kier alpha value is -1.04. The van der Waals surface area contributed by atoms with Crippen LogP contribution < -0.4 is 5.32 Å². The van der Waals surface area contributed by atoms with Gasteiger partial charge in [0.25, 0.3) is 0 Å². The smallest absolute Gasteiger partial charge is 0.219 e. The molecular formula is C8H14N2O. The van der Waals surface area contributed by atoms with Crippen LogP contribution in [0.4, 0.5) is 0 Å². The summed E-state index contributed by atoms with van der Waals surface area (Å²) >= 11 is 0. The van der Waals surface area contributed by atoms with E-state index >= 15 is 0 Å². The van der Waals surface area contributed by atoms with Crippen LogP contribution >= 0.6 is 0 Å². The molecule has 0 bridgehead atoms. The van der Waals surface area contributed by atoms with E-state index in [0.29, 0.717) is 12.8 Å². The van der Waals surface area contributed by atoms with Crippen molar-refractivity contribution < 1.29 is 4.79 Å². The van der Waals surface area contributed by atoms with Gasteiger partial charge in [-0.3, -0.25) is 4.79 Å². The molecule has 0 aliphatic rings. The monoisotopic (exact) mass is 154 g/mol. The lowest BCUT2D eigenvalue weighted by Crippen LogP contribution is -2.20. The van der Waals surface area contributed by atoms with E-state index in [2.05, 4.69) is 11.4 Å². The molecule has 0 rings (SSSR count). The zero-order valence-corrected chi connectivity index (χ0v) is 7.27. The maximum atomic E-state index is 10.8. The fraction of sp³-hybridized carbons (Fsp3) is 0.750. The predicted molar refractivity (Wildman–Crippen MR) is 42.7 cm³/mol. The summed E-state index contributed by atoms with van der Waals surface area (Å²) in [4.78, 5) is 10.8. The van der Waals surface area contributed by atoms with Crippen molar-refractivity contribution in [2.75, 3.05) is 7.05 Å². The third kappa shape index (κ3) is 4.38. The van der Waals surface area contributed by atoms with Gasteiger partial charge in [0, 0.05) is 13.5 Å². The zero-order chi connectivity index (χ0) is 8.91. The van der Waals surface area contributed by atoms with Gasteiger partial charge in [0.2, 0.25) is 5.91 Å². The Morgan fingerprint density at radius 1 is 1.64 bits per heavy atom. The molecule has 0 aliphatic carbocycles. The van der Waals surface area contributed by atoms with Crippen molar-refractivity contribution in [3.63, 3.8) is 0 Å². The van der Waals surface area contributed by atoms with Gasteiger partial charge in [-0.1, -0.05) is 0 Å². The van der Waals surface area contributed by atoms with Crippen LogP contribution in [0.15, 0.2) is 0 Å². The Labute approximate surface area is 67.4 Å². The summed E-state index contributed by atoms with van der Waals surface area (Å²) in [7, 11) is 1.60. The number of nitrogens with one attached hydrogen (secondary N) is 1. The quantitative estimate of drug-likeness (QED) is 0.660. The predicted octanol–water partition coefficient (Wildman–Crippen LogP) is 1.06. The second kappa shape index (κ2) is 3.97. The van der Waals surface area contributed by atoms with E-state index in [0.717, 1.165) is 0 Å². The number of hydrogen-bond acceptors (Lipinski definition) is 2. The molecule has 0 aromatic rings. The minimum Gasteiger partial charge on any atom is -0.359 e. The minimum absolute atomic E-state index is 0.00618. The highest BCUT2D eigenvalue weighted by atomic mass is 16.1. The number of carbonyl (C=O) groups is 1. The highest BCUT2D eigenvalue weighted by molar-refractivity contribution is 5.75. The molecule has 0 atom stereocenters. The third-order valence-corrected chi connectivity index (χ3v) is 1.56. The van der Waals surface area contributed by atoms with Gasteiger partial charge in [0.05, 0.1) is 11.5 Å². The van der Waals surface area contributed by atoms with Crippen molar-refractivity contribution >= 4 is 5.91 Å². The van der Waals surface area contributed by atoms with E-state index in [9.17, 15) is 4.79 Å². The molecule has 0 aromatic heterocycles. The maximum Gasteiger partial charge on any atom is 0.219 e. The fourth-order valence-electron chi connectivity index (χ4n) is 0.607. The van der Waals surface area contributed by atoms with Crippen LogP contribution in [0.2, 0.25) is 0 Å². The Morgan fingerprint density at radius 3 is 2.55 bits per heavy atom. The summed E-state index contributed by atoms with van der Waals surface area (Å²) in [6.07, 6.45) is 1.04. The number of rotatable bonds is 3. The van der Waals surface area contributed by atoms with Crippen LogP contribution in [0.5, 0.6) is 0 Å². The first-order valence-corrected chi connectivity index (χ1v) is 3.63. The fourth-order valence-corrected chi connectivity index (χ4v) is 0.607. The van der Waals surface area contributed by atoms with Gasteiger partial charge in [0.15, 0.2) is 0 Å². The number of amides is 1. The molecule has 0 saturated heterocycles. The first-order valence-electron chi connectivity index (χ1n) is 3.63. The van der Waals surface area contributed by atoms with Gasteiger partial charge in [0.1, 0.15) is 0 Å². The molecular weight excluding hydrogens is 140 g/mol. The molecule has 1 N–H and O–H groups in total. The first kappa shape index (κ1) is 9.96. The van der Waals surface area contributed by atoms with E-state index in [1.165, 1.54) is 0 Å². The molecule has 0 unspecified atom stereocenters. The molecule has 62 valence electrons. The van der Waals surface area contributed by atoms with Gasteiger partial charge >= 0.3 is 0 Å². The van der Waals surface area contributed by atoms with E-state index in [1.807, 2.05) is 13.8 Å². The van der Waals surface area contributed by atoms with Gasteiger partial charge in [-0.25, -0.2) is 0 Å². The van der Waals surface area contributed by atoms with Crippen LogP contribution in [0, 0.1) is 16.7 Å². The molecule has 11 heavy (non-hydrogen) atoms. The highest BCUT2D eigenvalue weighted by Gasteiger charge is 2.17. The normalized spacial score (nSPS) is 10.4. The summed E-state index contributed by atoms with van der Waals surface area (Å²) in [6.45, 7) is 3.66. The molecule has 3 nitrogen and oxygen atoms in total. The first-order chi connectivity index (χ1) is 5.02. The molecule has 0 radical (unpaired) electrons. The Morgan fingerprint density at radius 2 is 2.18 bits per heavy atom. The lowest BCUT2D eigenvalue weighted by Gasteiger charge is -2.13. The van der Waals surface area contributed by atoms with Crippen molar-refractivity contribution in [1.82, 2.24) is 5.32 Å². The summed E-state index contributed by atoms with van der Waals surface area (Å²) in [5, 5.41) is 11.1. The van der Waals surface area contributed by atoms with Crippen molar-refractivity contribution in [3.05, 3.63) is 0 Å². The van der Waals surface area contributed by atoms with Crippen molar-refractivity contribution in [2.45, 2.75) is 26.7 Å². The van der Waals surface area contributed by atoms with Crippen LogP contribution in [-0.2, 0) is 4.79 Å². The van der Waals surface area contributed by atoms with Crippen molar-refractivity contribution in [2.24, 2.45) is 5.41 Å². The SMILES string of the molecule is CNC(=O)CCC(C)(C)C#N. The Bertz CT molecular complexity index is 179. The van der Waals surface area contributed by atoms with E-state index in [-0.39, 0.29) is 11.3 Å². The largest absolute Gasteiger partial charge is 0.359 e. The number of hydrogen-bond donors (Lipinski definition) is 1. The standard InChI is InChI=1S/C8H14N2O/c1-8(2,6-9)5-4-7(11)10-3/h4-5H2,1-3H3,(H,10,11). The van der Waals surface area contributed by atoms with Crippen LogP contribution in [0.3, 0.4) is 0 Å². The average molecular weight is 154 g/mol. The van der Waals surface area contributed by atoms with Gasteiger partial charge in [-0.2, -0.15) is 5.26 Å². The third-order valence-electron chi connectivity index (χ3n) is 1.56. The lowest BCUT2D eigenvalue weighted by atomic mass is 9.90. The molecule has 0 heterocycles. The number of nitriles is 1. The molecule has 1 amide bonds. The van der Waals surface area contributed by atoms with Gasteiger partial charge in [-0.05, 0) is 20.3 Å². The summed E-state index contributed by atoms with van der Waals surface area (Å²) in [6, 6.07) is 2.14. The summed E-state index contributed by atoms with van der Waals surface area (Å²) in [5.41, 5.74) is -0.382. The van der Waals surface area contributed by atoms with E-state index in [4.69, 9.17) is 5.26 Å². The molecule has 0 fully saturated rings. The van der Waals surface area contributed by atoms with E-state index in [1.54, 1.807) is 7.05 Å². The Kier molecular flexibility index (Phi) is 3.59. The highest BCUT2D eigenvalue weighted by Crippen LogP contribution is 2.20. The van der Waals surface area contributed by atoms with Crippen LogP contribution in [0.1, 0.15) is 26.7 Å². The summed E-state index contributed by atoms with van der Waals surface area (Å²) < 4.78 is 0. The molecule has 0 spiro atoms. The van der Waals surface area contributed by atoms with Gasteiger partial charge in [-0.15, -0.1) is 0 Å². The van der Waals surface area contributed by atoms with Crippen LogP contribution in [0.25, 0.3) is 0 Å². The number of carbonyl (C=O) groups excluding carboxylic acids is 1. The van der Waals surface area contributed by atoms with Crippen LogP contribution in [-0.4, -0.2) is 13.0 Å².